The number of aromatic nitrogens is 4. The molecule has 1 saturated heterocycles. The molecule has 1 aromatic carbocycles. The molecular weight excluding hydrogens is 394 g/mol. The van der Waals surface area contributed by atoms with Crippen LogP contribution in [0, 0.1) is 6.92 Å². The molecule has 4 aromatic rings. The van der Waals surface area contributed by atoms with Crippen LogP contribution >= 0.6 is 0 Å². The lowest BCUT2D eigenvalue weighted by Crippen LogP contribution is -2.29. The van der Waals surface area contributed by atoms with E-state index in [4.69, 9.17) is 4.74 Å². The molecule has 1 amide bonds. The maximum absolute atomic E-state index is 12.8. The summed E-state index contributed by atoms with van der Waals surface area (Å²) in [6.07, 6.45) is 1.84. The second-order valence-corrected chi connectivity index (χ2v) is 8.28. The highest BCUT2D eigenvalue weighted by Gasteiger charge is 2.20. The first-order chi connectivity index (χ1) is 15.0. The fourth-order valence-electron chi connectivity index (χ4n) is 4.18. The number of hydrogen-bond donors (Lipinski definition) is 3. The van der Waals surface area contributed by atoms with Gasteiger partial charge in [0.1, 0.15) is 5.69 Å². The van der Waals surface area contributed by atoms with Gasteiger partial charge in [-0.2, -0.15) is 0 Å². The molecule has 160 valence electrons. The first kappa shape index (κ1) is 19.6. The number of benzene rings is 1. The van der Waals surface area contributed by atoms with E-state index >= 15 is 0 Å². The molecule has 1 fully saturated rings. The number of fused-ring (bicyclic) bond motifs is 2. The molecule has 3 aromatic heterocycles. The Morgan fingerprint density at radius 2 is 2.03 bits per heavy atom. The molecular formula is C23H25N5O3. The maximum Gasteiger partial charge on any atom is 0.272 e. The summed E-state index contributed by atoms with van der Waals surface area (Å²) in [6, 6.07) is 10.8. The molecule has 5 rings (SSSR count). The van der Waals surface area contributed by atoms with Crippen LogP contribution in [0.3, 0.4) is 0 Å². The highest BCUT2D eigenvalue weighted by Crippen LogP contribution is 2.26. The standard InChI is InChI=1S/C23H25N5O3/c1-13-3-4-16-10-20(25-18(16)9-13)23(30)24-14(2)17-12-22(29)28-21(26-17)11-19(27-28)15-5-7-31-8-6-15/h3-4,9-12,14-15,25,27H,5-8H2,1-2H3,(H,24,30)/t14-/m1/s1. The summed E-state index contributed by atoms with van der Waals surface area (Å²) in [5, 5.41) is 7.10. The van der Waals surface area contributed by atoms with Crippen LogP contribution in [0.1, 0.15) is 59.2 Å². The molecule has 0 radical (unpaired) electrons. The number of aryl methyl sites for hydroxylation is 1. The Bertz CT molecular complexity index is 1330. The van der Waals surface area contributed by atoms with Crippen LogP contribution in [0.2, 0.25) is 0 Å². The molecule has 1 aliphatic rings. The number of nitrogens with zero attached hydrogens (tertiary/aromatic N) is 2. The van der Waals surface area contributed by atoms with Crippen LogP contribution in [0.25, 0.3) is 16.6 Å². The average Bonchev–Trinajstić information content (AvgIpc) is 3.38. The van der Waals surface area contributed by atoms with E-state index in [9.17, 15) is 9.59 Å². The van der Waals surface area contributed by atoms with E-state index in [2.05, 4.69) is 20.4 Å². The Labute approximate surface area is 178 Å². The van der Waals surface area contributed by atoms with E-state index < -0.39 is 6.04 Å². The maximum atomic E-state index is 12.8. The van der Waals surface area contributed by atoms with Gasteiger partial charge in [0, 0.05) is 47.9 Å². The summed E-state index contributed by atoms with van der Waals surface area (Å²) in [5.41, 5.74) is 4.42. The lowest BCUT2D eigenvalue weighted by molar-refractivity contribution is 0.0844. The highest BCUT2D eigenvalue weighted by atomic mass is 16.5. The Morgan fingerprint density at radius 3 is 2.84 bits per heavy atom. The van der Waals surface area contributed by atoms with Gasteiger partial charge in [-0.15, -0.1) is 0 Å². The number of H-pyrrole nitrogens is 2. The fraction of sp³-hybridized carbons (Fsp3) is 0.348. The van der Waals surface area contributed by atoms with E-state index in [1.807, 2.05) is 44.2 Å². The molecule has 1 aliphatic heterocycles. The Hall–Kier alpha value is -3.39. The van der Waals surface area contributed by atoms with Crippen LogP contribution in [-0.4, -0.2) is 38.7 Å². The quantitative estimate of drug-likeness (QED) is 0.472. The third-order valence-corrected chi connectivity index (χ3v) is 5.96. The summed E-state index contributed by atoms with van der Waals surface area (Å²) >= 11 is 0. The lowest BCUT2D eigenvalue weighted by Gasteiger charge is -2.20. The van der Waals surface area contributed by atoms with Gasteiger partial charge in [0.15, 0.2) is 5.65 Å². The zero-order valence-electron chi connectivity index (χ0n) is 17.6. The van der Waals surface area contributed by atoms with Crippen molar-refractivity contribution < 1.29 is 9.53 Å². The van der Waals surface area contributed by atoms with Crippen LogP contribution in [0.5, 0.6) is 0 Å². The lowest BCUT2D eigenvalue weighted by atomic mass is 9.97. The summed E-state index contributed by atoms with van der Waals surface area (Å²) in [6.45, 7) is 5.29. The molecule has 0 aliphatic carbocycles. The van der Waals surface area contributed by atoms with E-state index in [-0.39, 0.29) is 11.5 Å². The smallest absolute Gasteiger partial charge is 0.272 e. The molecule has 4 heterocycles. The Kier molecular flexibility index (Phi) is 4.86. The summed E-state index contributed by atoms with van der Waals surface area (Å²) in [4.78, 5) is 33.2. The van der Waals surface area contributed by atoms with Crippen LogP contribution in [0.15, 0.2) is 41.2 Å². The van der Waals surface area contributed by atoms with Crippen molar-refractivity contribution in [3.8, 4) is 0 Å². The SMILES string of the molecule is Cc1ccc2cc(C(=O)N[C@H](C)c3cc(=O)n4[nH]c(C5CCOCC5)cc4n3)[nH]c2c1. The number of nitrogens with one attached hydrogen (secondary N) is 3. The van der Waals surface area contributed by atoms with E-state index in [1.54, 1.807) is 0 Å². The second-order valence-electron chi connectivity index (χ2n) is 8.28. The van der Waals surface area contributed by atoms with Gasteiger partial charge in [-0.05, 0) is 44.4 Å². The van der Waals surface area contributed by atoms with E-state index in [0.717, 1.165) is 48.2 Å². The van der Waals surface area contributed by atoms with Crippen molar-refractivity contribution in [3.05, 3.63) is 69.4 Å². The second kappa shape index (κ2) is 7.70. The summed E-state index contributed by atoms with van der Waals surface area (Å²) in [5.74, 6) is 0.0985. The van der Waals surface area contributed by atoms with Crippen molar-refractivity contribution in [3.63, 3.8) is 0 Å². The molecule has 1 atom stereocenters. The molecule has 31 heavy (non-hydrogen) atoms. The van der Waals surface area contributed by atoms with E-state index in [0.29, 0.717) is 23.0 Å². The number of carbonyl (C=O) groups excluding carboxylic acids is 1. The summed E-state index contributed by atoms with van der Waals surface area (Å²) < 4.78 is 6.89. The minimum Gasteiger partial charge on any atom is -0.381 e. The fourth-order valence-corrected chi connectivity index (χ4v) is 4.18. The topological polar surface area (TPSA) is 104 Å². The van der Waals surface area contributed by atoms with Gasteiger partial charge in [-0.1, -0.05) is 12.1 Å². The van der Waals surface area contributed by atoms with Gasteiger partial charge < -0.3 is 15.0 Å². The number of ether oxygens (including phenoxy) is 1. The Balaban J connectivity index is 1.38. The highest BCUT2D eigenvalue weighted by molar-refractivity contribution is 5.98. The molecule has 0 saturated carbocycles. The third-order valence-electron chi connectivity index (χ3n) is 5.96. The van der Waals surface area contributed by atoms with Gasteiger partial charge in [0.25, 0.3) is 11.5 Å². The predicted octanol–water partition coefficient (Wildman–Crippen LogP) is 3.20. The molecule has 8 heteroatoms. The first-order valence-corrected chi connectivity index (χ1v) is 10.6. The molecule has 0 unspecified atom stereocenters. The predicted molar refractivity (Wildman–Crippen MR) is 118 cm³/mol. The normalized spacial score (nSPS) is 16.1. The number of hydrogen-bond acceptors (Lipinski definition) is 4. The number of aromatic amines is 2. The number of amides is 1. The van der Waals surface area contributed by atoms with Gasteiger partial charge in [-0.3, -0.25) is 14.7 Å². The zero-order chi connectivity index (χ0) is 21.5. The largest absolute Gasteiger partial charge is 0.381 e. The zero-order valence-corrected chi connectivity index (χ0v) is 17.6. The van der Waals surface area contributed by atoms with Crippen LogP contribution < -0.4 is 10.9 Å². The monoisotopic (exact) mass is 419 g/mol. The van der Waals surface area contributed by atoms with Crippen molar-refractivity contribution in [2.45, 2.75) is 38.6 Å². The van der Waals surface area contributed by atoms with Gasteiger partial charge in [0.2, 0.25) is 0 Å². The molecule has 8 nitrogen and oxygen atoms in total. The molecule has 0 spiro atoms. The first-order valence-electron chi connectivity index (χ1n) is 10.6. The van der Waals surface area contributed by atoms with Crippen molar-refractivity contribution in [1.29, 1.82) is 0 Å². The Morgan fingerprint density at radius 1 is 1.23 bits per heavy atom. The van der Waals surface area contributed by atoms with Gasteiger partial charge >= 0.3 is 0 Å². The van der Waals surface area contributed by atoms with Crippen molar-refractivity contribution in [2.24, 2.45) is 0 Å². The minimum absolute atomic E-state index is 0.194. The van der Waals surface area contributed by atoms with Gasteiger partial charge in [0.05, 0.1) is 11.7 Å². The van der Waals surface area contributed by atoms with Crippen LogP contribution in [0.4, 0.5) is 0 Å². The van der Waals surface area contributed by atoms with Gasteiger partial charge in [-0.25, -0.2) is 9.50 Å². The molecule has 3 N–H and O–H groups in total. The number of carbonyl (C=O) groups is 1. The molecule has 0 bridgehead atoms. The number of rotatable bonds is 4. The van der Waals surface area contributed by atoms with Crippen molar-refractivity contribution in [1.82, 2.24) is 24.9 Å². The van der Waals surface area contributed by atoms with E-state index in [1.165, 1.54) is 10.6 Å². The summed E-state index contributed by atoms with van der Waals surface area (Å²) in [7, 11) is 0. The minimum atomic E-state index is -0.417. The van der Waals surface area contributed by atoms with Crippen molar-refractivity contribution >= 4 is 22.5 Å². The average molecular weight is 419 g/mol. The van der Waals surface area contributed by atoms with Crippen molar-refractivity contribution in [2.75, 3.05) is 13.2 Å². The third kappa shape index (κ3) is 3.74. The van der Waals surface area contributed by atoms with Crippen LogP contribution in [-0.2, 0) is 4.74 Å².